The Morgan fingerprint density at radius 2 is 2.00 bits per heavy atom. The molecule has 1 aromatic heterocycles. The number of benzene rings is 1. The number of carbonyl (C=O) groups excluding carboxylic acids is 1. The first kappa shape index (κ1) is 12.4. The van der Waals surface area contributed by atoms with Crippen LogP contribution in [-0.2, 0) is 5.41 Å². The number of rotatable bonds is 4. The molecule has 1 aliphatic carbocycles. The lowest BCUT2D eigenvalue weighted by Gasteiger charge is -2.16. The Bertz CT molecular complexity index is 584. The van der Waals surface area contributed by atoms with Gasteiger partial charge in [-0.3, -0.25) is 4.79 Å². The molecular weight excluding hydrogens is 254 g/mol. The molecule has 1 amide bonds. The second kappa shape index (κ2) is 4.82. The summed E-state index contributed by atoms with van der Waals surface area (Å²) in [7, 11) is 0. The molecule has 0 unspecified atom stereocenters. The Morgan fingerprint density at radius 1 is 1.26 bits per heavy atom. The monoisotopic (exact) mass is 271 g/mol. The minimum atomic E-state index is 0.0645. The molecule has 1 N–H and O–H groups in total. The summed E-state index contributed by atoms with van der Waals surface area (Å²) < 4.78 is 0. The van der Waals surface area contributed by atoms with Crippen molar-refractivity contribution < 1.29 is 4.79 Å². The first-order chi connectivity index (χ1) is 9.21. The van der Waals surface area contributed by atoms with Gasteiger partial charge in [0.25, 0.3) is 5.91 Å². The molecule has 1 saturated carbocycles. The van der Waals surface area contributed by atoms with E-state index in [1.165, 1.54) is 29.7 Å². The predicted octanol–water partition coefficient (Wildman–Crippen LogP) is 3.52. The van der Waals surface area contributed by atoms with E-state index in [1.54, 1.807) is 0 Å². The molecule has 2 nitrogen and oxygen atoms in total. The minimum Gasteiger partial charge on any atom is -0.350 e. The number of aryl methyl sites for hydroxylation is 1. The standard InChI is InChI=1S/C16H17NOS/c1-12-7-10-19-14(12)15(18)17-11-16(8-9-16)13-5-3-2-4-6-13/h2-7,10H,8-9,11H2,1H3,(H,17,18). The third-order valence-corrected chi connectivity index (χ3v) is 4.91. The molecule has 0 spiro atoms. The van der Waals surface area contributed by atoms with Gasteiger partial charge in [0, 0.05) is 12.0 Å². The summed E-state index contributed by atoms with van der Waals surface area (Å²) in [5.41, 5.74) is 2.59. The van der Waals surface area contributed by atoms with Crippen molar-refractivity contribution in [2.45, 2.75) is 25.2 Å². The van der Waals surface area contributed by atoms with Gasteiger partial charge in [-0.2, -0.15) is 0 Å². The summed E-state index contributed by atoms with van der Waals surface area (Å²) >= 11 is 1.51. The van der Waals surface area contributed by atoms with E-state index in [1.807, 2.05) is 24.4 Å². The number of carbonyl (C=O) groups is 1. The van der Waals surface area contributed by atoms with Crippen LogP contribution in [0.15, 0.2) is 41.8 Å². The normalized spacial score (nSPS) is 16.1. The lowest BCUT2D eigenvalue weighted by atomic mass is 9.96. The Kier molecular flexibility index (Phi) is 3.15. The van der Waals surface area contributed by atoms with Gasteiger partial charge in [-0.1, -0.05) is 30.3 Å². The molecule has 19 heavy (non-hydrogen) atoms. The smallest absolute Gasteiger partial charge is 0.261 e. The second-order valence-corrected chi connectivity index (χ2v) is 6.18. The van der Waals surface area contributed by atoms with E-state index in [9.17, 15) is 4.79 Å². The van der Waals surface area contributed by atoms with Gasteiger partial charge >= 0.3 is 0 Å². The number of hydrogen-bond donors (Lipinski definition) is 1. The van der Waals surface area contributed by atoms with Crippen LogP contribution >= 0.6 is 11.3 Å². The third kappa shape index (κ3) is 2.43. The molecule has 2 aromatic rings. The Hall–Kier alpha value is -1.61. The van der Waals surface area contributed by atoms with Crippen molar-refractivity contribution in [3.63, 3.8) is 0 Å². The summed E-state index contributed by atoms with van der Waals surface area (Å²) in [5, 5.41) is 5.07. The van der Waals surface area contributed by atoms with E-state index in [0.29, 0.717) is 0 Å². The van der Waals surface area contributed by atoms with Crippen molar-refractivity contribution in [3.05, 3.63) is 57.8 Å². The fourth-order valence-corrected chi connectivity index (χ4v) is 3.29. The summed E-state index contributed by atoms with van der Waals surface area (Å²) in [5.74, 6) is 0.0645. The zero-order chi connectivity index (χ0) is 13.3. The van der Waals surface area contributed by atoms with Gasteiger partial charge in [-0.15, -0.1) is 11.3 Å². The van der Waals surface area contributed by atoms with Crippen LogP contribution in [0.3, 0.4) is 0 Å². The maximum atomic E-state index is 12.1. The quantitative estimate of drug-likeness (QED) is 0.905. The van der Waals surface area contributed by atoms with Crippen LogP contribution in [0.25, 0.3) is 0 Å². The van der Waals surface area contributed by atoms with Crippen LogP contribution in [0.5, 0.6) is 0 Å². The van der Waals surface area contributed by atoms with Crippen LogP contribution in [0.4, 0.5) is 0 Å². The van der Waals surface area contributed by atoms with Crippen molar-refractivity contribution in [2.75, 3.05) is 6.54 Å². The molecule has 0 saturated heterocycles. The maximum absolute atomic E-state index is 12.1. The molecule has 98 valence electrons. The first-order valence-corrected chi connectivity index (χ1v) is 7.47. The zero-order valence-corrected chi connectivity index (χ0v) is 11.8. The van der Waals surface area contributed by atoms with Crippen molar-refractivity contribution in [1.82, 2.24) is 5.32 Å². The molecule has 1 aliphatic rings. The second-order valence-electron chi connectivity index (χ2n) is 5.26. The number of hydrogen-bond acceptors (Lipinski definition) is 2. The Balaban J connectivity index is 1.67. The van der Waals surface area contributed by atoms with Gasteiger partial charge in [0.1, 0.15) is 0 Å². The fraction of sp³-hybridized carbons (Fsp3) is 0.312. The summed E-state index contributed by atoms with van der Waals surface area (Å²) in [6.07, 6.45) is 2.33. The average molecular weight is 271 g/mol. The SMILES string of the molecule is Cc1ccsc1C(=O)NCC1(c2ccccc2)CC1. The van der Waals surface area contributed by atoms with E-state index in [-0.39, 0.29) is 11.3 Å². The molecular formula is C16H17NOS. The van der Waals surface area contributed by atoms with Crippen molar-refractivity contribution in [2.24, 2.45) is 0 Å². The number of amides is 1. The Morgan fingerprint density at radius 3 is 2.58 bits per heavy atom. The highest BCUT2D eigenvalue weighted by atomic mass is 32.1. The third-order valence-electron chi connectivity index (χ3n) is 3.90. The van der Waals surface area contributed by atoms with E-state index < -0.39 is 0 Å². The number of thiophene rings is 1. The summed E-state index contributed by atoms with van der Waals surface area (Å²) in [4.78, 5) is 13.0. The van der Waals surface area contributed by atoms with Crippen LogP contribution < -0.4 is 5.32 Å². The van der Waals surface area contributed by atoms with Crippen molar-refractivity contribution in [1.29, 1.82) is 0 Å². The van der Waals surface area contributed by atoms with Gasteiger partial charge in [0.2, 0.25) is 0 Å². The van der Waals surface area contributed by atoms with Crippen LogP contribution in [-0.4, -0.2) is 12.5 Å². The Labute approximate surface area is 117 Å². The molecule has 0 radical (unpaired) electrons. The predicted molar refractivity (Wildman–Crippen MR) is 78.7 cm³/mol. The van der Waals surface area contributed by atoms with Crippen LogP contribution in [0.2, 0.25) is 0 Å². The molecule has 1 aromatic carbocycles. The van der Waals surface area contributed by atoms with E-state index >= 15 is 0 Å². The van der Waals surface area contributed by atoms with Crippen molar-refractivity contribution in [3.8, 4) is 0 Å². The molecule has 3 rings (SSSR count). The summed E-state index contributed by atoms with van der Waals surface area (Å²) in [6.45, 7) is 2.72. The van der Waals surface area contributed by atoms with Gasteiger partial charge in [-0.25, -0.2) is 0 Å². The van der Waals surface area contributed by atoms with Crippen LogP contribution in [0, 0.1) is 6.92 Å². The topological polar surface area (TPSA) is 29.1 Å². The highest BCUT2D eigenvalue weighted by molar-refractivity contribution is 7.12. The molecule has 0 bridgehead atoms. The van der Waals surface area contributed by atoms with Crippen molar-refractivity contribution >= 4 is 17.2 Å². The molecule has 0 atom stereocenters. The van der Waals surface area contributed by atoms with E-state index in [4.69, 9.17) is 0 Å². The van der Waals surface area contributed by atoms with E-state index in [0.717, 1.165) is 17.0 Å². The first-order valence-electron chi connectivity index (χ1n) is 6.59. The lowest BCUT2D eigenvalue weighted by Crippen LogP contribution is -2.32. The fourth-order valence-electron chi connectivity index (χ4n) is 2.45. The largest absolute Gasteiger partial charge is 0.350 e. The lowest BCUT2D eigenvalue weighted by molar-refractivity contribution is 0.0953. The molecule has 3 heteroatoms. The number of nitrogens with one attached hydrogen (secondary N) is 1. The van der Waals surface area contributed by atoms with Crippen LogP contribution in [0.1, 0.15) is 33.6 Å². The van der Waals surface area contributed by atoms with Gasteiger partial charge in [0.15, 0.2) is 0 Å². The molecule has 1 fully saturated rings. The maximum Gasteiger partial charge on any atom is 0.261 e. The van der Waals surface area contributed by atoms with E-state index in [2.05, 4.69) is 29.6 Å². The van der Waals surface area contributed by atoms with Gasteiger partial charge in [0.05, 0.1) is 4.88 Å². The molecule has 0 aliphatic heterocycles. The highest BCUT2D eigenvalue weighted by Crippen LogP contribution is 2.47. The van der Waals surface area contributed by atoms with Gasteiger partial charge < -0.3 is 5.32 Å². The zero-order valence-electron chi connectivity index (χ0n) is 11.0. The summed E-state index contributed by atoms with van der Waals surface area (Å²) in [6, 6.07) is 12.5. The molecule has 1 heterocycles. The highest BCUT2D eigenvalue weighted by Gasteiger charge is 2.44. The minimum absolute atomic E-state index is 0.0645. The van der Waals surface area contributed by atoms with Gasteiger partial charge in [-0.05, 0) is 42.3 Å². The average Bonchev–Trinajstić information content (AvgIpc) is 3.12.